The highest BCUT2D eigenvalue weighted by Gasteiger charge is 2.14. The van der Waals surface area contributed by atoms with E-state index >= 15 is 0 Å². The van der Waals surface area contributed by atoms with Crippen LogP contribution in [0, 0.1) is 6.92 Å². The number of nitrogens with one attached hydrogen (secondary N) is 1. The van der Waals surface area contributed by atoms with Gasteiger partial charge in [-0.05, 0) is 6.92 Å². The molecule has 0 aliphatic heterocycles. The summed E-state index contributed by atoms with van der Waals surface area (Å²) in [6.45, 7) is 2.13. The predicted octanol–water partition coefficient (Wildman–Crippen LogP) is -0.334. The number of anilines is 1. The molecule has 8 heteroatoms. The Labute approximate surface area is 103 Å². The molecule has 2 aromatic heterocycles. The zero-order valence-electron chi connectivity index (χ0n) is 10.2. The Bertz CT molecular complexity index is 539. The van der Waals surface area contributed by atoms with Gasteiger partial charge in [-0.15, -0.1) is 0 Å². The lowest BCUT2D eigenvalue weighted by Crippen LogP contribution is -2.28. The Morgan fingerprint density at radius 2 is 2.39 bits per heavy atom. The zero-order valence-corrected chi connectivity index (χ0v) is 10.2. The topological polar surface area (TPSA) is 112 Å². The second-order valence-electron chi connectivity index (χ2n) is 3.81. The SMILES string of the molecule is Cc1noc(CCNC(=O)c2c(N)cnn2C)n1. The van der Waals surface area contributed by atoms with E-state index in [1.54, 1.807) is 14.0 Å². The molecule has 96 valence electrons. The van der Waals surface area contributed by atoms with Gasteiger partial charge in [-0.3, -0.25) is 9.48 Å². The van der Waals surface area contributed by atoms with Crippen molar-refractivity contribution < 1.29 is 9.32 Å². The van der Waals surface area contributed by atoms with Gasteiger partial charge in [0, 0.05) is 20.0 Å². The smallest absolute Gasteiger partial charge is 0.271 e. The molecule has 0 atom stereocenters. The summed E-state index contributed by atoms with van der Waals surface area (Å²) in [4.78, 5) is 15.9. The van der Waals surface area contributed by atoms with Gasteiger partial charge in [0.05, 0.1) is 11.9 Å². The number of rotatable bonds is 4. The maximum Gasteiger partial charge on any atom is 0.271 e. The molecular weight excluding hydrogens is 236 g/mol. The Balaban J connectivity index is 1.89. The molecule has 2 aromatic rings. The van der Waals surface area contributed by atoms with E-state index in [1.807, 2.05) is 0 Å². The summed E-state index contributed by atoms with van der Waals surface area (Å²) in [5.41, 5.74) is 6.34. The summed E-state index contributed by atoms with van der Waals surface area (Å²) < 4.78 is 6.36. The van der Waals surface area contributed by atoms with Crippen molar-refractivity contribution in [3.63, 3.8) is 0 Å². The van der Waals surface area contributed by atoms with Gasteiger partial charge in [0.25, 0.3) is 5.91 Å². The van der Waals surface area contributed by atoms with Gasteiger partial charge in [0.1, 0.15) is 5.69 Å². The Morgan fingerprint density at radius 3 is 2.94 bits per heavy atom. The first kappa shape index (κ1) is 12.1. The molecule has 0 spiro atoms. The number of carbonyl (C=O) groups is 1. The van der Waals surface area contributed by atoms with Crippen LogP contribution in [0.15, 0.2) is 10.7 Å². The lowest BCUT2D eigenvalue weighted by atomic mass is 10.3. The third kappa shape index (κ3) is 2.47. The molecule has 2 heterocycles. The van der Waals surface area contributed by atoms with E-state index in [1.165, 1.54) is 10.9 Å². The third-order valence-electron chi connectivity index (χ3n) is 2.38. The molecule has 0 saturated heterocycles. The monoisotopic (exact) mass is 250 g/mol. The molecular formula is C10H14N6O2. The maximum atomic E-state index is 11.8. The molecule has 0 bridgehead atoms. The zero-order chi connectivity index (χ0) is 13.1. The standard InChI is InChI=1S/C10H14N6O2/c1-6-14-8(18-15-6)3-4-12-10(17)9-7(11)5-13-16(9)2/h5H,3-4,11H2,1-2H3,(H,12,17). The van der Waals surface area contributed by atoms with Gasteiger partial charge in [-0.2, -0.15) is 10.1 Å². The number of aromatic nitrogens is 4. The van der Waals surface area contributed by atoms with Crippen molar-refractivity contribution in [1.29, 1.82) is 0 Å². The summed E-state index contributed by atoms with van der Waals surface area (Å²) in [7, 11) is 1.66. The number of hydrogen-bond acceptors (Lipinski definition) is 6. The van der Waals surface area contributed by atoms with Crippen molar-refractivity contribution in [1.82, 2.24) is 25.2 Å². The molecule has 8 nitrogen and oxygen atoms in total. The fourth-order valence-electron chi connectivity index (χ4n) is 1.54. The second kappa shape index (κ2) is 4.86. The van der Waals surface area contributed by atoms with Crippen LogP contribution in [0.3, 0.4) is 0 Å². The predicted molar refractivity (Wildman–Crippen MR) is 62.7 cm³/mol. The summed E-state index contributed by atoms with van der Waals surface area (Å²) in [6, 6.07) is 0. The van der Waals surface area contributed by atoms with Crippen molar-refractivity contribution in [3.8, 4) is 0 Å². The molecule has 1 amide bonds. The number of nitrogens with two attached hydrogens (primary N) is 1. The van der Waals surface area contributed by atoms with E-state index in [0.717, 1.165) is 0 Å². The summed E-state index contributed by atoms with van der Waals surface area (Å²) in [5, 5.41) is 10.3. The van der Waals surface area contributed by atoms with Crippen LogP contribution in [0.5, 0.6) is 0 Å². The minimum absolute atomic E-state index is 0.274. The van der Waals surface area contributed by atoms with E-state index < -0.39 is 0 Å². The van der Waals surface area contributed by atoms with Gasteiger partial charge in [0.2, 0.25) is 5.89 Å². The molecule has 0 radical (unpaired) electrons. The van der Waals surface area contributed by atoms with Crippen molar-refractivity contribution in [2.75, 3.05) is 12.3 Å². The fraction of sp³-hybridized carbons (Fsp3) is 0.400. The molecule has 0 fully saturated rings. The summed E-state index contributed by atoms with van der Waals surface area (Å²) in [5.74, 6) is 0.793. The van der Waals surface area contributed by atoms with Gasteiger partial charge in [0.15, 0.2) is 5.82 Å². The van der Waals surface area contributed by atoms with Crippen molar-refractivity contribution in [2.45, 2.75) is 13.3 Å². The molecule has 2 rings (SSSR count). The number of amides is 1. The molecule has 0 aromatic carbocycles. The first-order valence-corrected chi connectivity index (χ1v) is 5.43. The van der Waals surface area contributed by atoms with E-state index in [9.17, 15) is 4.79 Å². The summed E-state index contributed by atoms with van der Waals surface area (Å²) >= 11 is 0. The highest BCUT2D eigenvalue weighted by molar-refractivity contribution is 5.97. The number of hydrogen-bond donors (Lipinski definition) is 2. The number of aryl methyl sites for hydroxylation is 2. The van der Waals surface area contributed by atoms with Crippen LogP contribution in [-0.2, 0) is 13.5 Å². The molecule has 0 unspecified atom stereocenters. The van der Waals surface area contributed by atoms with Crippen LogP contribution < -0.4 is 11.1 Å². The average Bonchev–Trinajstić information content (AvgIpc) is 2.86. The number of nitrogens with zero attached hydrogens (tertiary/aromatic N) is 4. The van der Waals surface area contributed by atoms with E-state index in [-0.39, 0.29) is 5.91 Å². The second-order valence-corrected chi connectivity index (χ2v) is 3.81. The van der Waals surface area contributed by atoms with Gasteiger partial charge >= 0.3 is 0 Å². The Hall–Kier alpha value is -2.38. The van der Waals surface area contributed by atoms with Crippen LogP contribution in [0.2, 0.25) is 0 Å². The van der Waals surface area contributed by atoms with Gasteiger partial charge in [-0.1, -0.05) is 5.16 Å². The number of carbonyl (C=O) groups excluding carboxylic acids is 1. The number of nitrogen functional groups attached to an aromatic ring is 1. The normalized spacial score (nSPS) is 10.6. The van der Waals surface area contributed by atoms with E-state index in [2.05, 4.69) is 20.6 Å². The Morgan fingerprint density at radius 1 is 1.61 bits per heavy atom. The largest absolute Gasteiger partial charge is 0.396 e. The first-order chi connectivity index (χ1) is 8.58. The van der Waals surface area contributed by atoms with Crippen molar-refractivity contribution >= 4 is 11.6 Å². The maximum absolute atomic E-state index is 11.8. The first-order valence-electron chi connectivity index (χ1n) is 5.43. The average molecular weight is 250 g/mol. The highest BCUT2D eigenvalue weighted by atomic mass is 16.5. The quantitative estimate of drug-likeness (QED) is 0.768. The van der Waals surface area contributed by atoms with Crippen molar-refractivity contribution in [2.24, 2.45) is 7.05 Å². The molecule has 0 saturated carbocycles. The highest BCUT2D eigenvalue weighted by Crippen LogP contribution is 2.08. The van der Waals surface area contributed by atoms with E-state index in [4.69, 9.17) is 10.3 Å². The lowest BCUT2D eigenvalue weighted by Gasteiger charge is -2.04. The third-order valence-corrected chi connectivity index (χ3v) is 2.38. The van der Waals surface area contributed by atoms with Crippen LogP contribution in [-0.4, -0.2) is 32.4 Å². The molecule has 0 aliphatic rings. The van der Waals surface area contributed by atoms with Crippen LogP contribution in [0.25, 0.3) is 0 Å². The van der Waals surface area contributed by atoms with Gasteiger partial charge in [-0.25, -0.2) is 0 Å². The van der Waals surface area contributed by atoms with Crippen LogP contribution >= 0.6 is 0 Å². The van der Waals surface area contributed by atoms with Crippen molar-refractivity contribution in [3.05, 3.63) is 23.6 Å². The molecule has 3 N–H and O–H groups in total. The molecule has 0 aliphatic carbocycles. The minimum atomic E-state index is -0.274. The Kier molecular flexibility index (Phi) is 3.26. The van der Waals surface area contributed by atoms with Crippen LogP contribution in [0.1, 0.15) is 22.2 Å². The molecule has 18 heavy (non-hydrogen) atoms. The van der Waals surface area contributed by atoms with E-state index in [0.29, 0.717) is 36.1 Å². The van der Waals surface area contributed by atoms with Gasteiger partial charge < -0.3 is 15.6 Å². The van der Waals surface area contributed by atoms with Crippen LogP contribution in [0.4, 0.5) is 5.69 Å². The summed E-state index contributed by atoms with van der Waals surface area (Å²) in [6.07, 6.45) is 1.92. The lowest BCUT2D eigenvalue weighted by molar-refractivity contribution is 0.0945. The fourth-order valence-corrected chi connectivity index (χ4v) is 1.54. The minimum Gasteiger partial charge on any atom is -0.396 e.